The van der Waals surface area contributed by atoms with Gasteiger partial charge in [0.25, 0.3) is 0 Å². The molecule has 5 heteroatoms. The van der Waals surface area contributed by atoms with E-state index in [4.69, 9.17) is 5.73 Å². The number of hydrogen-bond acceptors (Lipinski definition) is 5. The predicted octanol–water partition coefficient (Wildman–Crippen LogP) is -1.95. The van der Waals surface area contributed by atoms with Gasteiger partial charge in [0.1, 0.15) is 0 Å². The molecule has 0 aliphatic rings. The second-order valence-corrected chi connectivity index (χ2v) is 0.937. The molecule has 6 N–H and O–H groups in total. The third-order valence-electron chi connectivity index (χ3n) is 0.496. The molecule has 5 nitrogen and oxygen atoms in total. The van der Waals surface area contributed by atoms with Gasteiger partial charge in [-0.25, -0.2) is 11.8 Å². The van der Waals surface area contributed by atoms with Crippen molar-refractivity contribution in [2.24, 2.45) is 17.5 Å². The first kappa shape index (κ1) is 6.80. The lowest BCUT2D eigenvalue weighted by molar-refractivity contribution is -0.140. The summed E-state index contributed by atoms with van der Waals surface area (Å²) in [4.78, 5) is 8.15. The van der Waals surface area contributed by atoms with Crippen LogP contribution in [0.5, 0.6) is 0 Å². The monoisotopic (exact) mass is 107 g/mol. The van der Waals surface area contributed by atoms with E-state index in [1.54, 1.807) is 0 Å². The summed E-state index contributed by atoms with van der Waals surface area (Å²) in [6.45, 7) is 0.160. The van der Waals surface area contributed by atoms with Crippen LogP contribution < -0.4 is 17.5 Å². The Labute approximate surface area is 41.3 Å². The maximum Gasteiger partial charge on any atom is 0.208 e. The van der Waals surface area contributed by atoms with Crippen molar-refractivity contribution in [2.45, 2.75) is 6.29 Å². The Kier molecular flexibility index (Phi) is 3.86. The Morgan fingerprint density at radius 2 is 1.71 bits per heavy atom. The SMILES string of the molecule is NCC(ON)ON. The van der Waals surface area contributed by atoms with Crippen molar-refractivity contribution in [1.82, 2.24) is 0 Å². The van der Waals surface area contributed by atoms with E-state index in [9.17, 15) is 0 Å². The van der Waals surface area contributed by atoms with Crippen LogP contribution in [0.2, 0.25) is 0 Å². The third kappa shape index (κ3) is 2.49. The molecular formula is C2H9N3O2. The molecule has 0 saturated heterocycles. The van der Waals surface area contributed by atoms with Gasteiger partial charge in [0.2, 0.25) is 6.29 Å². The van der Waals surface area contributed by atoms with Gasteiger partial charge in [-0.1, -0.05) is 0 Å². The fourth-order valence-electron chi connectivity index (χ4n) is 0.143. The van der Waals surface area contributed by atoms with Crippen molar-refractivity contribution in [3.8, 4) is 0 Å². The van der Waals surface area contributed by atoms with Gasteiger partial charge in [-0.2, -0.15) is 0 Å². The largest absolute Gasteiger partial charge is 0.326 e. The van der Waals surface area contributed by atoms with Gasteiger partial charge in [0.05, 0.1) is 0 Å². The van der Waals surface area contributed by atoms with Crippen molar-refractivity contribution >= 4 is 0 Å². The molecule has 7 heavy (non-hydrogen) atoms. The standard InChI is InChI=1S/C2H9N3O2/c3-1-2(6-4)7-5/h2H,1,3-5H2. The molecule has 0 aromatic carbocycles. The van der Waals surface area contributed by atoms with Crippen molar-refractivity contribution in [3.63, 3.8) is 0 Å². The average molecular weight is 107 g/mol. The molecule has 0 aromatic rings. The summed E-state index contributed by atoms with van der Waals surface area (Å²) in [5, 5.41) is 0. The zero-order valence-electron chi connectivity index (χ0n) is 3.83. The van der Waals surface area contributed by atoms with Crippen LogP contribution in [0, 0.1) is 0 Å². The van der Waals surface area contributed by atoms with Crippen LogP contribution in [0.25, 0.3) is 0 Å². The molecule has 0 bridgehead atoms. The summed E-state index contributed by atoms with van der Waals surface area (Å²) >= 11 is 0. The molecular weight excluding hydrogens is 98.0 g/mol. The van der Waals surface area contributed by atoms with Gasteiger partial charge < -0.3 is 5.73 Å². The van der Waals surface area contributed by atoms with Crippen LogP contribution in [0.1, 0.15) is 0 Å². The molecule has 44 valence electrons. The maximum atomic E-state index is 4.98. The lowest BCUT2D eigenvalue weighted by Crippen LogP contribution is -2.31. The van der Waals surface area contributed by atoms with Crippen molar-refractivity contribution in [3.05, 3.63) is 0 Å². The highest BCUT2D eigenvalue weighted by molar-refractivity contribution is 4.35. The minimum atomic E-state index is -0.681. The van der Waals surface area contributed by atoms with Gasteiger partial charge in [-0.15, -0.1) is 0 Å². The fraction of sp³-hybridized carbons (Fsp3) is 1.00. The lowest BCUT2D eigenvalue weighted by Gasteiger charge is -2.05. The molecule has 0 aromatic heterocycles. The van der Waals surface area contributed by atoms with Crippen molar-refractivity contribution in [1.29, 1.82) is 0 Å². The number of hydrogen-bond donors (Lipinski definition) is 3. The molecule has 0 amide bonds. The zero-order valence-corrected chi connectivity index (χ0v) is 3.83. The lowest BCUT2D eigenvalue weighted by atomic mass is 10.7. The third-order valence-corrected chi connectivity index (χ3v) is 0.496. The van der Waals surface area contributed by atoms with Crippen LogP contribution in [-0.4, -0.2) is 12.8 Å². The van der Waals surface area contributed by atoms with E-state index in [-0.39, 0.29) is 6.54 Å². The van der Waals surface area contributed by atoms with Gasteiger partial charge in [0, 0.05) is 6.54 Å². The van der Waals surface area contributed by atoms with Crippen LogP contribution in [0.4, 0.5) is 0 Å². The first-order valence-corrected chi connectivity index (χ1v) is 1.76. The van der Waals surface area contributed by atoms with Gasteiger partial charge >= 0.3 is 0 Å². The highest BCUT2D eigenvalue weighted by Crippen LogP contribution is 1.77. The van der Waals surface area contributed by atoms with E-state index in [2.05, 4.69) is 21.5 Å². The Bertz CT molecular complexity index is 32.4. The predicted molar refractivity (Wildman–Crippen MR) is 23.4 cm³/mol. The Hall–Kier alpha value is -0.200. The summed E-state index contributed by atoms with van der Waals surface area (Å²) < 4.78 is 0. The van der Waals surface area contributed by atoms with E-state index in [1.807, 2.05) is 0 Å². The normalized spacial score (nSPS) is 10.3. The maximum absolute atomic E-state index is 4.98. The molecule has 0 unspecified atom stereocenters. The molecule has 0 rings (SSSR count). The second kappa shape index (κ2) is 3.97. The summed E-state index contributed by atoms with van der Waals surface area (Å²) in [5.41, 5.74) is 4.98. The first-order chi connectivity index (χ1) is 3.35. The fourth-order valence-corrected chi connectivity index (χ4v) is 0.143. The molecule has 0 radical (unpaired) electrons. The number of rotatable bonds is 3. The Morgan fingerprint density at radius 3 is 1.71 bits per heavy atom. The zero-order chi connectivity index (χ0) is 5.70. The second-order valence-electron chi connectivity index (χ2n) is 0.937. The van der Waals surface area contributed by atoms with E-state index in [1.165, 1.54) is 0 Å². The van der Waals surface area contributed by atoms with Crippen LogP contribution in [0.15, 0.2) is 0 Å². The van der Waals surface area contributed by atoms with Gasteiger partial charge in [-0.3, -0.25) is 9.68 Å². The van der Waals surface area contributed by atoms with E-state index in [0.29, 0.717) is 0 Å². The quantitative estimate of drug-likeness (QED) is 0.288. The van der Waals surface area contributed by atoms with Crippen molar-refractivity contribution < 1.29 is 9.68 Å². The van der Waals surface area contributed by atoms with E-state index >= 15 is 0 Å². The minimum Gasteiger partial charge on any atom is -0.326 e. The van der Waals surface area contributed by atoms with Gasteiger partial charge in [0.15, 0.2) is 0 Å². The molecule has 0 aliphatic heterocycles. The van der Waals surface area contributed by atoms with Crippen LogP contribution >= 0.6 is 0 Å². The highest BCUT2D eigenvalue weighted by atomic mass is 16.8. The Balaban J connectivity index is 2.99. The summed E-state index contributed by atoms with van der Waals surface area (Å²) in [5.74, 6) is 9.22. The molecule has 0 atom stereocenters. The summed E-state index contributed by atoms with van der Waals surface area (Å²) in [6.07, 6.45) is -0.681. The molecule has 0 saturated carbocycles. The van der Waals surface area contributed by atoms with Crippen LogP contribution in [-0.2, 0) is 9.68 Å². The average Bonchev–Trinajstić information content (AvgIpc) is 1.72. The molecule has 0 aliphatic carbocycles. The minimum absolute atomic E-state index is 0.160. The van der Waals surface area contributed by atoms with E-state index in [0.717, 1.165) is 0 Å². The number of nitrogens with two attached hydrogens (primary N) is 3. The first-order valence-electron chi connectivity index (χ1n) is 1.76. The molecule has 0 fully saturated rings. The van der Waals surface area contributed by atoms with E-state index < -0.39 is 6.29 Å². The Morgan fingerprint density at radius 1 is 1.29 bits per heavy atom. The van der Waals surface area contributed by atoms with Crippen LogP contribution in [0.3, 0.4) is 0 Å². The topological polar surface area (TPSA) is 96.5 Å². The van der Waals surface area contributed by atoms with Crippen molar-refractivity contribution in [2.75, 3.05) is 6.54 Å². The summed E-state index contributed by atoms with van der Waals surface area (Å²) in [7, 11) is 0. The molecule has 0 spiro atoms. The highest BCUT2D eigenvalue weighted by Gasteiger charge is 1.99. The molecule has 0 heterocycles. The smallest absolute Gasteiger partial charge is 0.208 e. The summed E-state index contributed by atoms with van der Waals surface area (Å²) in [6, 6.07) is 0. The van der Waals surface area contributed by atoms with Gasteiger partial charge in [-0.05, 0) is 0 Å².